The summed E-state index contributed by atoms with van der Waals surface area (Å²) in [6, 6.07) is 11.0. The fraction of sp³-hybridized carbons (Fsp3) is 0.286. The van der Waals surface area contributed by atoms with Gasteiger partial charge < -0.3 is 20.4 Å². The molecule has 1 heterocycles. The zero-order valence-corrected chi connectivity index (χ0v) is 18.7. The molecule has 0 amide bonds. The molecule has 0 bridgehead atoms. The van der Waals surface area contributed by atoms with Crippen LogP contribution < -0.4 is 10.6 Å². The third kappa shape index (κ3) is 6.14. The largest absolute Gasteiger partial charge is 0.375 e. The van der Waals surface area contributed by atoms with E-state index in [1.807, 2.05) is 6.20 Å². The maximum atomic E-state index is 13.3. The van der Waals surface area contributed by atoms with Crippen LogP contribution in [0.2, 0.25) is 0 Å². The van der Waals surface area contributed by atoms with Crippen LogP contribution in [-0.2, 0) is 11.2 Å². The van der Waals surface area contributed by atoms with Gasteiger partial charge in [-0.25, -0.2) is 8.78 Å². The Morgan fingerprint density at radius 2 is 1.83 bits per heavy atom. The van der Waals surface area contributed by atoms with Gasteiger partial charge in [0.15, 0.2) is 5.96 Å². The predicted octanol–water partition coefficient (Wildman–Crippen LogP) is 4.16. The Hall–Kier alpha value is -2.20. The van der Waals surface area contributed by atoms with E-state index in [1.165, 1.54) is 24.3 Å². The Morgan fingerprint density at radius 3 is 2.52 bits per heavy atom. The number of methoxy groups -OCH3 is 1. The predicted molar refractivity (Wildman–Crippen MR) is 123 cm³/mol. The van der Waals surface area contributed by atoms with Crippen molar-refractivity contribution in [1.82, 2.24) is 15.6 Å². The van der Waals surface area contributed by atoms with Crippen molar-refractivity contribution >= 4 is 40.8 Å². The molecule has 0 fully saturated rings. The molecule has 3 aromatic rings. The second-order valence-electron chi connectivity index (χ2n) is 6.41. The van der Waals surface area contributed by atoms with Crippen molar-refractivity contribution in [2.75, 3.05) is 27.2 Å². The number of nitrogens with one attached hydrogen (secondary N) is 3. The van der Waals surface area contributed by atoms with E-state index in [0.717, 1.165) is 28.5 Å². The third-order valence-corrected chi connectivity index (χ3v) is 4.62. The summed E-state index contributed by atoms with van der Waals surface area (Å²) in [6.07, 6.45) is 2.44. The van der Waals surface area contributed by atoms with Crippen molar-refractivity contribution < 1.29 is 13.5 Å². The highest BCUT2D eigenvalue weighted by atomic mass is 127. The lowest BCUT2D eigenvalue weighted by Gasteiger charge is -2.18. The molecule has 0 aliphatic heterocycles. The Kier molecular flexibility index (Phi) is 8.84. The minimum absolute atomic E-state index is 0. The molecule has 0 saturated heterocycles. The summed E-state index contributed by atoms with van der Waals surface area (Å²) >= 11 is 0. The minimum Gasteiger partial charge on any atom is -0.375 e. The van der Waals surface area contributed by atoms with Gasteiger partial charge >= 0.3 is 0 Å². The number of halogens is 3. The van der Waals surface area contributed by atoms with Crippen molar-refractivity contribution in [2.45, 2.75) is 12.5 Å². The number of hydrogen-bond donors (Lipinski definition) is 3. The summed E-state index contributed by atoms with van der Waals surface area (Å²) < 4.78 is 31.9. The molecule has 1 unspecified atom stereocenters. The molecular formula is C21H25F2IN4O. The van der Waals surface area contributed by atoms with Crippen LogP contribution in [-0.4, -0.2) is 38.2 Å². The van der Waals surface area contributed by atoms with Crippen LogP contribution in [0, 0.1) is 11.6 Å². The molecule has 0 radical (unpaired) electrons. The van der Waals surface area contributed by atoms with Gasteiger partial charge in [-0.05, 0) is 47.9 Å². The monoisotopic (exact) mass is 514 g/mol. The van der Waals surface area contributed by atoms with E-state index in [9.17, 15) is 8.78 Å². The average molecular weight is 514 g/mol. The number of aromatic amines is 1. The van der Waals surface area contributed by atoms with Crippen LogP contribution in [0.1, 0.15) is 17.2 Å². The van der Waals surface area contributed by atoms with Gasteiger partial charge in [0.05, 0.1) is 6.10 Å². The quantitative estimate of drug-likeness (QED) is 0.252. The van der Waals surface area contributed by atoms with E-state index in [-0.39, 0.29) is 41.7 Å². The first-order valence-corrected chi connectivity index (χ1v) is 9.09. The number of ether oxygens (including phenoxy) is 1. The summed E-state index contributed by atoms with van der Waals surface area (Å²) in [7, 11) is 3.31. The van der Waals surface area contributed by atoms with Gasteiger partial charge in [-0.3, -0.25) is 4.99 Å². The Bertz CT molecular complexity index is 944. The molecule has 2 aromatic carbocycles. The van der Waals surface area contributed by atoms with Gasteiger partial charge in [0.25, 0.3) is 0 Å². The Balaban J connectivity index is 0.00000300. The topological polar surface area (TPSA) is 61.4 Å². The third-order valence-electron chi connectivity index (χ3n) is 4.62. The minimum atomic E-state index is -0.274. The first-order valence-electron chi connectivity index (χ1n) is 9.09. The summed E-state index contributed by atoms with van der Waals surface area (Å²) in [6.45, 7) is 1.16. The maximum absolute atomic E-state index is 13.3. The number of aliphatic imine (C=N–C) groups is 1. The van der Waals surface area contributed by atoms with Crippen LogP contribution >= 0.6 is 24.0 Å². The van der Waals surface area contributed by atoms with Crippen LogP contribution in [0.4, 0.5) is 8.78 Å². The van der Waals surface area contributed by atoms with Gasteiger partial charge in [0.2, 0.25) is 0 Å². The molecule has 1 aromatic heterocycles. The zero-order chi connectivity index (χ0) is 19.9. The summed E-state index contributed by atoms with van der Waals surface area (Å²) in [5.74, 6) is 0.122. The van der Waals surface area contributed by atoms with E-state index in [4.69, 9.17) is 4.74 Å². The van der Waals surface area contributed by atoms with Crippen molar-refractivity contribution in [1.29, 1.82) is 0 Å². The van der Waals surface area contributed by atoms with Crippen molar-refractivity contribution in [3.8, 4) is 0 Å². The Morgan fingerprint density at radius 1 is 1.10 bits per heavy atom. The maximum Gasteiger partial charge on any atom is 0.191 e. The molecule has 156 valence electrons. The molecule has 0 aliphatic rings. The summed E-state index contributed by atoms with van der Waals surface area (Å²) in [4.78, 5) is 7.31. The second-order valence-corrected chi connectivity index (χ2v) is 6.41. The molecule has 8 heteroatoms. The number of aromatic nitrogens is 1. The smallest absolute Gasteiger partial charge is 0.191 e. The van der Waals surface area contributed by atoms with Gasteiger partial charge in [0, 0.05) is 44.3 Å². The Labute approximate surface area is 186 Å². The van der Waals surface area contributed by atoms with Crippen LogP contribution in [0.15, 0.2) is 53.7 Å². The number of H-pyrrole nitrogens is 1. The molecule has 0 spiro atoms. The molecule has 5 nitrogen and oxygen atoms in total. The van der Waals surface area contributed by atoms with E-state index >= 15 is 0 Å². The molecule has 3 rings (SSSR count). The SMILES string of the molecule is CN=C(NCCc1c[nH]c2cc(F)ccc12)NCC(OC)c1ccc(F)cc1.I. The number of fused-ring (bicyclic) bond motifs is 1. The normalized spacial score (nSPS) is 12.5. The molecule has 1 atom stereocenters. The lowest BCUT2D eigenvalue weighted by molar-refractivity contribution is 0.106. The van der Waals surface area contributed by atoms with E-state index in [1.54, 1.807) is 32.4 Å². The van der Waals surface area contributed by atoms with Gasteiger partial charge in [0.1, 0.15) is 11.6 Å². The van der Waals surface area contributed by atoms with Crippen LogP contribution in [0.25, 0.3) is 10.9 Å². The van der Waals surface area contributed by atoms with Crippen molar-refractivity contribution in [3.05, 3.63) is 71.4 Å². The summed E-state index contributed by atoms with van der Waals surface area (Å²) in [5.41, 5.74) is 2.79. The number of benzene rings is 2. The number of nitrogens with zero attached hydrogens (tertiary/aromatic N) is 1. The number of rotatable bonds is 7. The van der Waals surface area contributed by atoms with E-state index in [2.05, 4.69) is 20.6 Å². The fourth-order valence-electron chi connectivity index (χ4n) is 3.11. The van der Waals surface area contributed by atoms with Gasteiger partial charge in [-0.2, -0.15) is 0 Å². The van der Waals surface area contributed by atoms with Crippen molar-refractivity contribution in [3.63, 3.8) is 0 Å². The lowest BCUT2D eigenvalue weighted by Crippen LogP contribution is -2.40. The second kappa shape index (κ2) is 11.1. The van der Waals surface area contributed by atoms with E-state index < -0.39 is 0 Å². The van der Waals surface area contributed by atoms with Crippen LogP contribution in [0.3, 0.4) is 0 Å². The van der Waals surface area contributed by atoms with Gasteiger partial charge in [-0.1, -0.05) is 12.1 Å². The highest BCUT2D eigenvalue weighted by Gasteiger charge is 2.11. The summed E-state index contributed by atoms with van der Waals surface area (Å²) in [5, 5.41) is 7.50. The standard InChI is InChI=1S/C21H24F2N4O.HI/c1-24-21(27-13-20(28-2)14-3-5-16(22)6-4-14)25-10-9-15-12-26-19-11-17(23)7-8-18(15)19;/h3-8,11-12,20,26H,9-10,13H2,1-2H3,(H2,24,25,27);1H. The highest BCUT2D eigenvalue weighted by Crippen LogP contribution is 2.19. The molecule has 3 N–H and O–H groups in total. The first kappa shape index (κ1) is 23.1. The van der Waals surface area contributed by atoms with Crippen molar-refractivity contribution in [2.24, 2.45) is 4.99 Å². The fourth-order valence-corrected chi connectivity index (χ4v) is 3.11. The molecule has 0 aliphatic carbocycles. The molecule has 0 saturated carbocycles. The zero-order valence-electron chi connectivity index (χ0n) is 16.3. The van der Waals surface area contributed by atoms with Gasteiger partial charge in [-0.15, -0.1) is 24.0 Å². The first-order chi connectivity index (χ1) is 13.6. The average Bonchev–Trinajstić information content (AvgIpc) is 3.10. The number of hydrogen-bond acceptors (Lipinski definition) is 2. The van der Waals surface area contributed by atoms with E-state index in [0.29, 0.717) is 19.0 Å². The lowest BCUT2D eigenvalue weighted by atomic mass is 10.1. The molecular weight excluding hydrogens is 489 g/mol. The van der Waals surface area contributed by atoms with Crippen LogP contribution in [0.5, 0.6) is 0 Å². The highest BCUT2D eigenvalue weighted by molar-refractivity contribution is 14.0. The number of guanidine groups is 1. The molecule has 29 heavy (non-hydrogen) atoms.